The van der Waals surface area contributed by atoms with E-state index in [1.807, 2.05) is 38.5 Å². The van der Waals surface area contributed by atoms with E-state index < -0.39 is 0 Å². The number of nitrogens with zero attached hydrogens (tertiary/aromatic N) is 1. The highest BCUT2D eigenvalue weighted by atomic mass is 35.5. The molecule has 0 bridgehead atoms. The average Bonchev–Trinajstić information content (AvgIpc) is 2.52. The second-order valence-electron chi connectivity index (χ2n) is 5.17. The summed E-state index contributed by atoms with van der Waals surface area (Å²) in [6, 6.07) is 14.7. The van der Waals surface area contributed by atoms with Crippen molar-refractivity contribution in [1.82, 2.24) is 10.3 Å². The third-order valence-electron chi connectivity index (χ3n) is 3.85. The van der Waals surface area contributed by atoms with Gasteiger partial charge in [0.2, 0.25) is 0 Å². The fraction of sp³-hybridized carbons (Fsp3) is 0.167. The van der Waals surface area contributed by atoms with E-state index in [1.54, 1.807) is 0 Å². The number of hydrogen-bond donors (Lipinski definition) is 1. The first-order valence-corrected chi connectivity index (χ1v) is 7.34. The lowest BCUT2D eigenvalue weighted by Crippen LogP contribution is -2.18. The molecule has 3 heteroatoms. The summed E-state index contributed by atoms with van der Waals surface area (Å²) in [6.07, 6.45) is 3.74. The molecular formula is C18H17ClN2. The molecule has 3 aromatic rings. The normalized spacial score (nSPS) is 12.5. The molecule has 1 unspecified atom stereocenters. The Hall–Kier alpha value is -1.90. The van der Waals surface area contributed by atoms with E-state index in [0.717, 1.165) is 21.5 Å². The van der Waals surface area contributed by atoms with Crippen molar-refractivity contribution >= 4 is 22.4 Å². The zero-order valence-corrected chi connectivity index (χ0v) is 12.9. The maximum absolute atomic E-state index is 6.28. The van der Waals surface area contributed by atoms with Gasteiger partial charge in [0.15, 0.2) is 0 Å². The molecule has 0 saturated heterocycles. The van der Waals surface area contributed by atoms with Crippen molar-refractivity contribution in [2.45, 2.75) is 13.0 Å². The van der Waals surface area contributed by atoms with Crippen LogP contribution in [0.3, 0.4) is 0 Å². The standard InChI is InChI=1S/C18H17ClN2/c1-12-6-7-14(10-17(12)19)18(20-2)15-5-3-4-13-8-9-21-11-16(13)15/h3-11,18,20H,1-2H3. The van der Waals surface area contributed by atoms with Crippen LogP contribution in [-0.4, -0.2) is 12.0 Å². The van der Waals surface area contributed by atoms with Crippen LogP contribution in [0.5, 0.6) is 0 Å². The van der Waals surface area contributed by atoms with Crippen LogP contribution in [0.25, 0.3) is 10.8 Å². The van der Waals surface area contributed by atoms with E-state index in [4.69, 9.17) is 11.6 Å². The van der Waals surface area contributed by atoms with Gasteiger partial charge in [0.05, 0.1) is 6.04 Å². The minimum absolute atomic E-state index is 0.0935. The molecule has 0 saturated carbocycles. The van der Waals surface area contributed by atoms with Gasteiger partial charge in [-0.15, -0.1) is 0 Å². The number of rotatable bonds is 3. The van der Waals surface area contributed by atoms with Crippen LogP contribution in [-0.2, 0) is 0 Å². The Morgan fingerprint density at radius 2 is 2.00 bits per heavy atom. The number of aromatic nitrogens is 1. The van der Waals surface area contributed by atoms with Gasteiger partial charge in [-0.2, -0.15) is 0 Å². The third kappa shape index (κ3) is 2.65. The number of fused-ring (bicyclic) bond motifs is 1. The summed E-state index contributed by atoms with van der Waals surface area (Å²) in [5.41, 5.74) is 3.46. The van der Waals surface area contributed by atoms with E-state index in [-0.39, 0.29) is 6.04 Å². The molecule has 106 valence electrons. The van der Waals surface area contributed by atoms with Crippen molar-refractivity contribution in [3.63, 3.8) is 0 Å². The van der Waals surface area contributed by atoms with Crippen molar-refractivity contribution in [2.24, 2.45) is 0 Å². The highest BCUT2D eigenvalue weighted by Crippen LogP contribution is 2.30. The first kappa shape index (κ1) is 14.1. The lowest BCUT2D eigenvalue weighted by Gasteiger charge is -2.20. The smallest absolute Gasteiger partial charge is 0.0581 e. The van der Waals surface area contributed by atoms with Crippen LogP contribution in [0.1, 0.15) is 22.7 Å². The number of hydrogen-bond acceptors (Lipinski definition) is 2. The molecule has 0 radical (unpaired) electrons. The summed E-state index contributed by atoms with van der Waals surface area (Å²) in [5.74, 6) is 0. The molecule has 0 spiro atoms. The van der Waals surface area contributed by atoms with Crippen LogP contribution in [0.4, 0.5) is 0 Å². The van der Waals surface area contributed by atoms with Crippen molar-refractivity contribution in [1.29, 1.82) is 0 Å². The van der Waals surface area contributed by atoms with Gasteiger partial charge in [-0.05, 0) is 48.2 Å². The second kappa shape index (κ2) is 5.84. The molecule has 1 N–H and O–H groups in total. The largest absolute Gasteiger partial charge is 0.309 e. The van der Waals surface area contributed by atoms with Gasteiger partial charge in [0.25, 0.3) is 0 Å². The highest BCUT2D eigenvalue weighted by molar-refractivity contribution is 6.31. The van der Waals surface area contributed by atoms with E-state index in [1.165, 1.54) is 10.9 Å². The fourth-order valence-electron chi connectivity index (χ4n) is 2.68. The number of aryl methyl sites for hydroxylation is 1. The molecule has 1 heterocycles. The molecule has 1 aromatic heterocycles. The Labute approximate surface area is 129 Å². The van der Waals surface area contributed by atoms with Crippen LogP contribution in [0.2, 0.25) is 5.02 Å². The minimum atomic E-state index is 0.0935. The molecule has 21 heavy (non-hydrogen) atoms. The summed E-state index contributed by atoms with van der Waals surface area (Å²) in [4.78, 5) is 4.26. The third-order valence-corrected chi connectivity index (χ3v) is 4.25. The number of halogens is 1. The van der Waals surface area contributed by atoms with Crippen LogP contribution < -0.4 is 5.32 Å². The molecule has 3 rings (SSSR count). The summed E-state index contributed by atoms with van der Waals surface area (Å²) in [7, 11) is 1.97. The zero-order valence-electron chi connectivity index (χ0n) is 12.1. The number of nitrogens with one attached hydrogen (secondary N) is 1. The predicted octanol–water partition coefficient (Wildman–Crippen LogP) is 4.51. The summed E-state index contributed by atoms with van der Waals surface area (Å²) in [5, 5.41) is 6.54. The Morgan fingerprint density at radius 3 is 2.76 bits per heavy atom. The Bertz CT molecular complexity index is 778. The first-order chi connectivity index (χ1) is 10.2. The first-order valence-electron chi connectivity index (χ1n) is 6.96. The van der Waals surface area contributed by atoms with Crippen LogP contribution in [0.15, 0.2) is 54.9 Å². The van der Waals surface area contributed by atoms with Crippen molar-refractivity contribution in [3.8, 4) is 0 Å². The highest BCUT2D eigenvalue weighted by Gasteiger charge is 2.15. The maximum Gasteiger partial charge on any atom is 0.0581 e. The van der Waals surface area contributed by atoms with Crippen molar-refractivity contribution in [2.75, 3.05) is 7.05 Å². The molecular weight excluding hydrogens is 280 g/mol. The summed E-state index contributed by atoms with van der Waals surface area (Å²) in [6.45, 7) is 2.02. The van der Waals surface area contributed by atoms with Crippen LogP contribution in [0, 0.1) is 6.92 Å². The average molecular weight is 297 g/mol. The van der Waals surface area contributed by atoms with Crippen molar-refractivity contribution < 1.29 is 0 Å². The van der Waals surface area contributed by atoms with E-state index in [9.17, 15) is 0 Å². The molecule has 2 aromatic carbocycles. The quantitative estimate of drug-likeness (QED) is 0.769. The topological polar surface area (TPSA) is 24.9 Å². The molecule has 0 amide bonds. The molecule has 0 aliphatic carbocycles. The molecule has 1 atom stereocenters. The van der Waals surface area contributed by atoms with Gasteiger partial charge < -0.3 is 5.32 Å². The Kier molecular flexibility index (Phi) is 3.91. The second-order valence-corrected chi connectivity index (χ2v) is 5.58. The van der Waals surface area contributed by atoms with Gasteiger partial charge >= 0.3 is 0 Å². The SMILES string of the molecule is CNC(c1ccc(C)c(Cl)c1)c1cccc2ccncc12. The predicted molar refractivity (Wildman–Crippen MR) is 88.8 cm³/mol. The minimum Gasteiger partial charge on any atom is -0.309 e. The van der Waals surface area contributed by atoms with Gasteiger partial charge in [-0.1, -0.05) is 41.9 Å². The molecule has 0 fully saturated rings. The summed E-state index contributed by atoms with van der Waals surface area (Å²) < 4.78 is 0. The molecule has 0 aliphatic rings. The van der Waals surface area contributed by atoms with E-state index in [2.05, 4.69) is 40.6 Å². The number of pyridine rings is 1. The maximum atomic E-state index is 6.28. The molecule has 0 aliphatic heterocycles. The Morgan fingerprint density at radius 1 is 1.14 bits per heavy atom. The zero-order chi connectivity index (χ0) is 14.8. The number of benzene rings is 2. The van der Waals surface area contributed by atoms with Gasteiger partial charge in [-0.3, -0.25) is 4.98 Å². The van der Waals surface area contributed by atoms with Crippen molar-refractivity contribution in [3.05, 3.63) is 76.6 Å². The summed E-state index contributed by atoms with van der Waals surface area (Å²) >= 11 is 6.28. The van der Waals surface area contributed by atoms with Gasteiger partial charge in [0, 0.05) is 22.8 Å². The van der Waals surface area contributed by atoms with Gasteiger partial charge in [0.1, 0.15) is 0 Å². The lowest BCUT2D eigenvalue weighted by molar-refractivity contribution is 0.696. The van der Waals surface area contributed by atoms with E-state index in [0.29, 0.717) is 0 Å². The fourth-order valence-corrected chi connectivity index (χ4v) is 2.87. The van der Waals surface area contributed by atoms with Gasteiger partial charge in [-0.25, -0.2) is 0 Å². The van der Waals surface area contributed by atoms with Crippen LogP contribution >= 0.6 is 11.6 Å². The lowest BCUT2D eigenvalue weighted by atomic mass is 9.94. The Balaban J connectivity index is 2.16. The molecule has 2 nitrogen and oxygen atoms in total. The monoisotopic (exact) mass is 296 g/mol. The van der Waals surface area contributed by atoms with E-state index >= 15 is 0 Å².